The molecule has 0 aliphatic carbocycles. The van der Waals surface area contributed by atoms with Crippen molar-refractivity contribution in [3.8, 4) is 11.1 Å². The number of piperidine rings is 1. The zero-order valence-electron chi connectivity index (χ0n) is 20.1. The highest BCUT2D eigenvalue weighted by Crippen LogP contribution is 2.25. The molecule has 3 aromatic rings. The molecular formula is C28H33N5O2. The Labute approximate surface area is 206 Å². The fourth-order valence-electron chi connectivity index (χ4n) is 5.10. The van der Waals surface area contributed by atoms with Crippen LogP contribution in [0.4, 0.5) is 4.79 Å². The van der Waals surface area contributed by atoms with Crippen LogP contribution in [0.15, 0.2) is 67.3 Å². The number of urea groups is 1. The molecule has 3 heterocycles. The molecule has 7 heteroatoms. The Hall–Kier alpha value is -3.61. The van der Waals surface area contributed by atoms with Crippen LogP contribution in [0.5, 0.6) is 0 Å². The van der Waals surface area contributed by atoms with Crippen LogP contribution in [0.2, 0.25) is 0 Å². The molecule has 0 bridgehead atoms. The first-order chi connectivity index (χ1) is 17.2. The molecule has 0 atom stereocenters. The highest BCUT2D eigenvalue weighted by Gasteiger charge is 2.30. The normalized spacial score (nSPS) is 16.5. The van der Waals surface area contributed by atoms with Gasteiger partial charge >= 0.3 is 6.03 Å². The smallest absolute Gasteiger partial charge is 0.319 e. The Balaban J connectivity index is 1.16. The summed E-state index contributed by atoms with van der Waals surface area (Å²) in [5.41, 5.74) is 4.59. The summed E-state index contributed by atoms with van der Waals surface area (Å²) in [7, 11) is 0. The Bertz CT molecular complexity index is 1130. The minimum atomic E-state index is -0.0350. The number of hydrogen-bond donors (Lipinski definition) is 1. The summed E-state index contributed by atoms with van der Waals surface area (Å²) >= 11 is 0. The average molecular weight is 472 g/mol. The summed E-state index contributed by atoms with van der Waals surface area (Å²) in [6.45, 7) is 4.35. The van der Waals surface area contributed by atoms with E-state index in [0.29, 0.717) is 19.6 Å². The molecule has 1 aromatic heterocycles. The summed E-state index contributed by atoms with van der Waals surface area (Å²) < 4.78 is 2.05. The quantitative estimate of drug-likeness (QED) is 0.587. The molecule has 3 amide bonds. The predicted octanol–water partition coefficient (Wildman–Crippen LogP) is 4.14. The molecule has 2 saturated heterocycles. The van der Waals surface area contributed by atoms with Gasteiger partial charge in [-0.1, -0.05) is 48.5 Å². The van der Waals surface area contributed by atoms with Crippen LogP contribution in [-0.4, -0.2) is 57.5 Å². The molecule has 2 aromatic carbocycles. The molecule has 2 fully saturated rings. The highest BCUT2D eigenvalue weighted by molar-refractivity contribution is 5.80. The number of benzene rings is 2. The van der Waals surface area contributed by atoms with Crippen LogP contribution in [0.1, 0.15) is 36.8 Å². The van der Waals surface area contributed by atoms with Gasteiger partial charge < -0.3 is 19.7 Å². The van der Waals surface area contributed by atoms with Crippen LogP contribution in [0, 0.1) is 5.92 Å². The number of likely N-dealkylation sites (tertiary alicyclic amines) is 2. The Morgan fingerprint density at radius 1 is 0.914 bits per heavy atom. The number of rotatable bonds is 6. The van der Waals surface area contributed by atoms with Crippen molar-refractivity contribution in [1.29, 1.82) is 0 Å². The fourth-order valence-corrected chi connectivity index (χ4v) is 5.10. The van der Waals surface area contributed by atoms with Crippen molar-refractivity contribution in [2.24, 2.45) is 5.92 Å². The van der Waals surface area contributed by atoms with Gasteiger partial charge in [-0.15, -0.1) is 0 Å². The fraction of sp³-hybridized carbons (Fsp3) is 0.393. The molecule has 0 spiro atoms. The molecule has 2 aliphatic heterocycles. The summed E-state index contributed by atoms with van der Waals surface area (Å²) in [6.07, 6.45) is 9.22. The van der Waals surface area contributed by atoms with Crippen LogP contribution in [0.25, 0.3) is 11.1 Å². The van der Waals surface area contributed by atoms with Gasteiger partial charge in [-0.05, 0) is 47.9 Å². The van der Waals surface area contributed by atoms with Crippen LogP contribution in [0.3, 0.4) is 0 Å². The number of amides is 3. The monoisotopic (exact) mass is 471 g/mol. The van der Waals surface area contributed by atoms with E-state index in [1.165, 1.54) is 5.56 Å². The van der Waals surface area contributed by atoms with Gasteiger partial charge in [0, 0.05) is 57.6 Å². The maximum absolute atomic E-state index is 12.9. The molecular weight excluding hydrogens is 438 g/mol. The van der Waals surface area contributed by atoms with Crippen molar-refractivity contribution in [3.63, 3.8) is 0 Å². The molecule has 2 aliphatic rings. The van der Waals surface area contributed by atoms with Crippen LogP contribution in [-0.2, 0) is 17.9 Å². The van der Waals surface area contributed by atoms with E-state index in [2.05, 4.69) is 46.7 Å². The second-order valence-corrected chi connectivity index (χ2v) is 9.54. The van der Waals surface area contributed by atoms with Gasteiger partial charge in [0.2, 0.25) is 5.91 Å². The van der Waals surface area contributed by atoms with Crippen molar-refractivity contribution in [3.05, 3.63) is 78.4 Å². The van der Waals surface area contributed by atoms with E-state index >= 15 is 0 Å². The van der Waals surface area contributed by atoms with Gasteiger partial charge in [0.05, 0.1) is 6.33 Å². The second-order valence-electron chi connectivity index (χ2n) is 9.54. The van der Waals surface area contributed by atoms with Gasteiger partial charge in [0.15, 0.2) is 0 Å². The first-order valence-corrected chi connectivity index (χ1v) is 12.6. The third-order valence-corrected chi connectivity index (χ3v) is 7.17. The SMILES string of the molecule is O=C(NCc1ccccc1-c1ccc(Cn2ccnc2)cc1)C1CCN(C(=O)N2CCCC2)CC1. The zero-order valence-corrected chi connectivity index (χ0v) is 20.1. The van der Waals surface area contributed by atoms with E-state index in [1.807, 2.05) is 39.0 Å². The van der Waals surface area contributed by atoms with Crippen molar-refractivity contribution in [1.82, 2.24) is 24.7 Å². The first-order valence-electron chi connectivity index (χ1n) is 12.6. The first kappa shape index (κ1) is 23.1. The molecule has 0 radical (unpaired) electrons. The predicted molar refractivity (Wildman–Crippen MR) is 136 cm³/mol. The molecule has 0 saturated carbocycles. The number of carbonyl (C=O) groups is 2. The lowest BCUT2D eigenvalue weighted by atomic mass is 9.95. The van der Waals surface area contributed by atoms with Crippen molar-refractivity contribution < 1.29 is 9.59 Å². The number of carbonyl (C=O) groups excluding carboxylic acids is 2. The molecule has 0 unspecified atom stereocenters. The Morgan fingerprint density at radius 2 is 1.63 bits per heavy atom. The number of nitrogens with one attached hydrogen (secondary N) is 1. The largest absolute Gasteiger partial charge is 0.352 e. The average Bonchev–Trinajstić information content (AvgIpc) is 3.63. The van der Waals surface area contributed by atoms with E-state index in [1.54, 1.807) is 6.20 Å². The highest BCUT2D eigenvalue weighted by atomic mass is 16.2. The van der Waals surface area contributed by atoms with Crippen molar-refractivity contribution in [2.45, 2.75) is 38.8 Å². The van der Waals surface area contributed by atoms with Crippen LogP contribution >= 0.6 is 0 Å². The maximum Gasteiger partial charge on any atom is 0.319 e. The van der Waals surface area contributed by atoms with Gasteiger partial charge in [0.1, 0.15) is 0 Å². The van der Waals surface area contributed by atoms with Gasteiger partial charge in [-0.3, -0.25) is 4.79 Å². The van der Waals surface area contributed by atoms with Crippen LogP contribution < -0.4 is 5.32 Å². The molecule has 1 N–H and O–H groups in total. The van der Waals surface area contributed by atoms with E-state index < -0.39 is 0 Å². The number of hydrogen-bond acceptors (Lipinski definition) is 3. The maximum atomic E-state index is 12.9. The summed E-state index contributed by atoms with van der Waals surface area (Å²) in [5, 5.41) is 3.16. The number of imidazole rings is 1. The van der Waals surface area contributed by atoms with Gasteiger partial charge in [-0.25, -0.2) is 9.78 Å². The molecule has 7 nitrogen and oxygen atoms in total. The van der Waals surface area contributed by atoms with Gasteiger partial charge in [-0.2, -0.15) is 0 Å². The third-order valence-electron chi connectivity index (χ3n) is 7.17. The van der Waals surface area contributed by atoms with Crippen molar-refractivity contribution >= 4 is 11.9 Å². The van der Waals surface area contributed by atoms with Gasteiger partial charge in [0.25, 0.3) is 0 Å². The van der Waals surface area contributed by atoms with E-state index in [0.717, 1.165) is 62.0 Å². The zero-order chi connectivity index (χ0) is 24.0. The minimum Gasteiger partial charge on any atom is -0.352 e. The third kappa shape index (κ3) is 5.56. The summed E-state index contributed by atoms with van der Waals surface area (Å²) in [5.74, 6) is 0.0519. The summed E-state index contributed by atoms with van der Waals surface area (Å²) in [4.78, 5) is 33.5. The van der Waals surface area contributed by atoms with Crippen molar-refractivity contribution in [2.75, 3.05) is 26.2 Å². The standard InChI is InChI=1S/C28H33N5O2/c34-27(24-11-16-33(17-12-24)28(35)32-14-3-4-15-32)30-19-25-5-1-2-6-26(25)23-9-7-22(8-10-23)20-31-18-13-29-21-31/h1-2,5-10,13,18,21,24H,3-4,11-12,14-17,19-20H2,(H,30,34). The number of aromatic nitrogens is 2. The summed E-state index contributed by atoms with van der Waals surface area (Å²) in [6, 6.07) is 16.9. The lowest BCUT2D eigenvalue weighted by Crippen LogP contribution is -2.47. The lowest BCUT2D eigenvalue weighted by molar-refractivity contribution is -0.126. The van der Waals surface area contributed by atoms with E-state index in [9.17, 15) is 9.59 Å². The molecule has 35 heavy (non-hydrogen) atoms. The number of nitrogens with zero attached hydrogens (tertiary/aromatic N) is 4. The Morgan fingerprint density at radius 3 is 2.34 bits per heavy atom. The minimum absolute atomic E-state index is 0.0350. The lowest BCUT2D eigenvalue weighted by Gasteiger charge is -2.34. The Kier molecular flexibility index (Phi) is 7.12. The molecule has 5 rings (SSSR count). The topological polar surface area (TPSA) is 70.5 Å². The van der Waals surface area contributed by atoms with E-state index in [-0.39, 0.29) is 17.9 Å². The molecule has 182 valence electrons. The van der Waals surface area contributed by atoms with E-state index in [4.69, 9.17) is 0 Å². The second kappa shape index (κ2) is 10.8.